The molecular formula is C33H48N2O3. The highest BCUT2D eigenvalue weighted by atomic mass is 16.5. The summed E-state index contributed by atoms with van der Waals surface area (Å²) in [6.07, 6.45) is 3.13. The Morgan fingerprint density at radius 3 is 2.18 bits per heavy atom. The van der Waals surface area contributed by atoms with Crippen LogP contribution in [0, 0.1) is 11.8 Å². The number of likely N-dealkylation sites (tertiary alicyclic amines) is 1. The summed E-state index contributed by atoms with van der Waals surface area (Å²) >= 11 is 0. The van der Waals surface area contributed by atoms with Crippen molar-refractivity contribution in [2.45, 2.75) is 78.6 Å². The molecule has 0 aromatic heterocycles. The van der Waals surface area contributed by atoms with Crippen molar-refractivity contribution in [1.29, 1.82) is 0 Å². The molecule has 0 spiro atoms. The molecular weight excluding hydrogens is 472 g/mol. The predicted octanol–water partition coefficient (Wildman–Crippen LogP) is 6.81. The van der Waals surface area contributed by atoms with E-state index in [0.717, 1.165) is 42.8 Å². The number of aromatic hydroxyl groups is 1. The number of carbonyl (C=O) groups is 1. The lowest BCUT2D eigenvalue weighted by atomic mass is 9.78. The van der Waals surface area contributed by atoms with Gasteiger partial charge in [0.05, 0.1) is 19.7 Å². The molecule has 1 saturated heterocycles. The van der Waals surface area contributed by atoms with Crippen molar-refractivity contribution in [3.8, 4) is 5.75 Å². The Balaban J connectivity index is 1.98. The molecule has 0 amide bonds. The van der Waals surface area contributed by atoms with Crippen LogP contribution in [0.5, 0.6) is 5.75 Å². The molecule has 5 heteroatoms. The quantitative estimate of drug-likeness (QED) is 0.276. The fraction of sp³-hybridized carbons (Fsp3) is 0.576. The molecule has 0 radical (unpaired) electrons. The van der Waals surface area contributed by atoms with Gasteiger partial charge in [-0.15, -0.1) is 0 Å². The lowest BCUT2D eigenvalue weighted by Crippen LogP contribution is -2.34. The maximum Gasteiger partial charge on any atom is 0.182 e. The van der Waals surface area contributed by atoms with Crippen LogP contribution >= 0.6 is 0 Å². The first-order valence-electron chi connectivity index (χ1n) is 14.1. The van der Waals surface area contributed by atoms with Crippen LogP contribution < -0.4 is 0 Å². The highest BCUT2D eigenvalue weighted by Crippen LogP contribution is 2.40. The van der Waals surface area contributed by atoms with Crippen LogP contribution in [0.2, 0.25) is 0 Å². The number of phenolic OH excluding ortho intramolecular Hbond substituents is 1. The summed E-state index contributed by atoms with van der Waals surface area (Å²) in [6.45, 7) is 17.0. The molecule has 1 heterocycles. The second-order valence-corrected chi connectivity index (χ2v) is 12.8. The van der Waals surface area contributed by atoms with Gasteiger partial charge in [-0.05, 0) is 47.3 Å². The van der Waals surface area contributed by atoms with Crippen molar-refractivity contribution in [2.24, 2.45) is 16.8 Å². The maximum atomic E-state index is 13.9. The summed E-state index contributed by atoms with van der Waals surface area (Å²) < 4.78 is 5.30. The number of Topliss-reactive ketones (excluding diaryl/α,β-unsaturated/α-hetero) is 1. The molecule has 0 unspecified atom stereocenters. The first-order valence-corrected chi connectivity index (χ1v) is 14.1. The van der Waals surface area contributed by atoms with Crippen LogP contribution in [0.4, 0.5) is 0 Å². The van der Waals surface area contributed by atoms with E-state index in [0.29, 0.717) is 30.4 Å². The third kappa shape index (κ3) is 7.25. The first-order chi connectivity index (χ1) is 17.9. The summed E-state index contributed by atoms with van der Waals surface area (Å²) in [5, 5.41) is 11.1. The number of hydrogen-bond donors (Lipinski definition) is 1. The number of amidine groups is 1. The van der Waals surface area contributed by atoms with Gasteiger partial charge in [0, 0.05) is 36.3 Å². The molecule has 5 nitrogen and oxygen atoms in total. The number of carbonyl (C=O) groups excluding carboxylic acids is 1. The van der Waals surface area contributed by atoms with Gasteiger partial charge in [-0.2, -0.15) is 0 Å². The molecule has 208 valence electrons. The topological polar surface area (TPSA) is 62.1 Å². The van der Waals surface area contributed by atoms with E-state index in [1.807, 2.05) is 12.1 Å². The van der Waals surface area contributed by atoms with Crippen molar-refractivity contribution in [3.63, 3.8) is 0 Å². The third-order valence-corrected chi connectivity index (χ3v) is 7.59. The fourth-order valence-corrected chi connectivity index (χ4v) is 5.56. The van der Waals surface area contributed by atoms with E-state index in [-0.39, 0.29) is 29.1 Å². The molecule has 0 bridgehead atoms. The van der Waals surface area contributed by atoms with Gasteiger partial charge in [0.15, 0.2) is 5.78 Å². The van der Waals surface area contributed by atoms with Crippen LogP contribution in [-0.2, 0) is 22.0 Å². The maximum absolute atomic E-state index is 13.9. The number of nitrogens with zero attached hydrogens (tertiary/aromatic N) is 2. The van der Waals surface area contributed by atoms with Gasteiger partial charge in [-0.25, -0.2) is 0 Å². The number of aliphatic imine (C=N–C) groups is 1. The van der Waals surface area contributed by atoms with E-state index in [9.17, 15) is 9.90 Å². The summed E-state index contributed by atoms with van der Waals surface area (Å²) in [7, 11) is 1.70. The lowest BCUT2D eigenvalue weighted by Gasteiger charge is -2.28. The fourth-order valence-electron chi connectivity index (χ4n) is 5.56. The second kappa shape index (κ2) is 12.5. The van der Waals surface area contributed by atoms with Crippen LogP contribution in [0.25, 0.3) is 0 Å². The van der Waals surface area contributed by atoms with Gasteiger partial charge in [-0.3, -0.25) is 9.79 Å². The number of benzene rings is 2. The van der Waals surface area contributed by atoms with E-state index >= 15 is 0 Å². The van der Waals surface area contributed by atoms with Gasteiger partial charge in [0.1, 0.15) is 11.6 Å². The van der Waals surface area contributed by atoms with E-state index in [2.05, 4.69) is 83.7 Å². The standard InChI is InChI=1S/C33H48N2O3/c1-9-13-24-21-35(31(34-16-17-38-8)26(24)18-23-14-11-10-12-15-23)22-29(36)25-19-27(32(2,3)4)30(37)28(20-25)33(5,6)7/h10-12,14-15,19-20,24,26,37H,9,13,16-18,21-22H2,1-8H3/t24-,26+/m0/s1. The minimum Gasteiger partial charge on any atom is -0.507 e. The van der Waals surface area contributed by atoms with Gasteiger partial charge < -0.3 is 14.7 Å². The Hall–Kier alpha value is -2.66. The summed E-state index contributed by atoms with van der Waals surface area (Å²) in [4.78, 5) is 21.1. The van der Waals surface area contributed by atoms with Crippen molar-refractivity contribution in [1.82, 2.24) is 4.90 Å². The van der Waals surface area contributed by atoms with E-state index in [4.69, 9.17) is 9.73 Å². The van der Waals surface area contributed by atoms with Crippen LogP contribution in [0.1, 0.15) is 88.4 Å². The molecule has 38 heavy (non-hydrogen) atoms. The monoisotopic (exact) mass is 520 g/mol. The minimum absolute atomic E-state index is 0.0658. The normalized spacial score (nSPS) is 19.4. The van der Waals surface area contributed by atoms with Crippen LogP contribution in [-0.4, -0.2) is 55.0 Å². The molecule has 2 aromatic carbocycles. The van der Waals surface area contributed by atoms with E-state index in [1.54, 1.807) is 7.11 Å². The highest BCUT2D eigenvalue weighted by molar-refractivity contribution is 6.01. The Labute approximate surface area is 230 Å². The number of ketones is 1. The molecule has 1 N–H and O–H groups in total. The van der Waals surface area contributed by atoms with E-state index in [1.165, 1.54) is 5.56 Å². The minimum atomic E-state index is -0.284. The zero-order valence-corrected chi connectivity index (χ0v) is 24.8. The first kappa shape index (κ1) is 29.9. The number of methoxy groups -OCH3 is 1. The Bertz CT molecular complexity index is 1070. The van der Waals surface area contributed by atoms with Crippen LogP contribution in [0.15, 0.2) is 47.5 Å². The molecule has 1 aliphatic rings. The zero-order valence-electron chi connectivity index (χ0n) is 24.8. The summed E-state index contributed by atoms with van der Waals surface area (Å²) in [5.74, 6) is 2.12. The number of phenols is 1. The second-order valence-electron chi connectivity index (χ2n) is 12.8. The Kier molecular flexibility index (Phi) is 9.80. The highest BCUT2D eigenvalue weighted by Gasteiger charge is 2.39. The molecule has 0 saturated carbocycles. The molecule has 0 aliphatic carbocycles. The number of rotatable bonds is 10. The van der Waals surface area contributed by atoms with Gasteiger partial charge in [-0.1, -0.05) is 85.2 Å². The van der Waals surface area contributed by atoms with Crippen LogP contribution in [0.3, 0.4) is 0 Å². The van der Waals surface area contributed by atoms with Crippen molar-refractivity contribution in [3.05, 3.63) is 64.7 Å². The molecule has 1 aliphatic heterocycles. The van der Waals surface area contributed by atoms with Gasteiger partial charge in [0.25, 0.3) is 0 Å². The number of ether oxygens (including phenoxy) is 1. The predicted molar refractivity (Wildman–Crippen MR) is 158 cm³/mol. The van der Waals surface area contributed by atoms with Crippen molar-refractivity contribution in [2.75, 3.05) is 33.4 Å². The largest absolute Gasteiger partial charge is 0.507 e. The number of hydrogen-bond acceptors (Lipinski definition) is 4. The smallest absolute Gasteiger partial charge is 0.182 e. The van der Waals surface area contributed by atoms with Gasteiger partial charge in [0.2, 0.25) is 0 Å². The molecule has 2 aromatic rings. The van der Waals surface area contributed by atoms with Crippen molar-refractivity contribution < 1.29 is 14.6 Å². The summed E-state index contributed by atoms with van der Waals surface area (Å²) in [5.41, 5.74) is 3.02. The van der Waals surface area contributed by atoms with Gasteiger partial charge >= 0.3 is 0 Å². The average Bonchev–Trinajstić information content (AvgIpc) is 3.14. The molecule has 3 rings (SSSR count). The average molecular weight is 521 g/mol. The lowest BCUT2D eigenvalue weighted by molar-refractivity contribution is 0.0963. The summed E-state index contributed by atoms with van der Waals surface area (Å²) in [6, 6.07) is 14.4. The zero-order chi connectivity index (χ0) is 28.1. The third-order valence-electron chi connectivity index (χ3n) is 7.59. The molecule has 2 atom stereocenters. The Morgan fingerprint density at radius 2 is 1.66 bits per heavy atom. The van der Waals surface area contributed by atoms with Crippen molar-refractivity contribution >= 4 is 11.6 Å². The molecule has 1 fully saturated rings. The SMILES string of the molecule is CCC[C@H]1CN(CC(=O)c2cc(C(C)(C)C)c(O)c(C(C)(C)C)c2)C(=NCCOC)[C@@H]1Cc1ccccc1. The van der Waals surface area contributed by atoms with E-state index < -0.39 is 0 Å². The Morgan fingerprint density at radius 1 is 1.05 bits per heavy atom.